The van der Waals surface area contributed by atoms with Gasteiger partial charge in [0.1, 0.15) is 11.8 Å². The Morgan fingerprint density at radius 2 is 2.00 bits per heavy atom. The fraction of sp³-hybridized carbons (Fsp3) is 0.615. The molecule has 0 aliphatic rings. The third-order valence-corrected chi connectivity index (χ3v) is 2.59. The van der Waals surface area contributed by atoms with E-state index in [1.165, 1.54) is 0 Å². The molecule has 0 aliphatic carbocycles. The highest BCUT2D eigenvalue weighted by atomic mass is 16.4. The first-order chi connectivity index (χ1) is 9.33. The first-order valence-electron chi connectivity index (χ1n) is 6.60. The van der Waals surface area contributed by atoms with Crippen molar-refractivity contribution >= 4 is 6.01 Å². The van der Waals surface area contributed by atoms with Crippen LogP contribution in [0.4, 0.5) is 6.01 Å². The summed E-state index contributed by atoms with van der Waals surface area (Å²) in [7, 11) is 0. The average molecular weight is 279 g/mol. The van der Waals surface area contributed by atoms with Crippen LogP contribution in [0, 0.1) is 6.92 Å². The van der Waals surface area contributed by atoms with Crippen molar-refractivity contribution in [1.29, 1.82) is 0 Å². The van der Waals surface area contributed by atoms with Crippen LogP contribution in [0.3, 0.4) is 0 Å². The number of hydrogen-bond donors (Lipinski definition) is 2. The Labute approximate surface area is 118 Å². The van der Waals surface area contributed by atoms with Crippen LogP contribution in [0.1, 0.15) is 51.3 Å². The molecule has 1 unspecified atom stereocenters. The average Bonchev–Trinajstić information content (AvgIpc) is 2.95. The fourth-order valence-electron chi connectivity index (χ4n) is 1.54. The van der Waals surface area contributed by atoms with Crippen LogP contribution in [-0.2, 0) is 6.54 Å². The minimum absolute atomic E-state index is 0.00493. The first-order valence-corrected chi connectivity index (χ1v) is 6.60. The molecule has 0 fully saturated rings. The van der Waals surface area contributed by atoms with Crippen molar-refractivity contribution in [2.45, 2.75) is 52.7 Å². The molecule has 20 heavy (non-hydrogen) atoms. The second-order valence-corrected chi connectivity index (χ2v) is 5.78. The molecule has 110 valence electrons. The lowest BCUT2D eigenvalue weighted by atomic mass is 10.1. The molecule has 2 rings (SSSR count). The van der Waals surface area contributed by atoms with Crippen molar-refractivity contribution in [3.63, 3.8) is 0 Å². The van der Waals surface area contributed by atoms with Gasteiger partial charge in [-0.1, -0.05) is 5.10 Å². The summed E-state index contributed by atoms with van der Waals surface area (Å²) in [5.41, 5.74) is 0.00493. The summed E-state index contributed by atoms with van der Waals surface area (Å²) in [6.07, 6.45) is 1.68. The van der Waals surface area contributed by atoms with E-state index < -0.39 is 0 Å². The first kappa shape index (κ1) is 14.5. The Hall–Kier alpha value is -1.89. The summed E-state index contributed by atoms with van der Waals surface area (Å²) in [6.45, 7) is 10.5. The predicted octanol–water partition coefficient (Wildman–Crippen LogP) is 2.43. The van der Waals surface area contributed by atoms with E-state index in [1.54, 1.807) is 6.20 Å². The highest BCUT2D eigenvalue weighted by Gasteiger charge is 2.16. The lowest BCUT2D eigenvalue weighted by Crippen LogP contribution is -2.35. The van der Waals surface area contributed by atoms with E-state index in [-0.39, 0.29) is 11.6 Å². The van der Waals surface area contributed by atoms with Crippen molar-refractivity contribution in [1.82, 2.24) is 20.5 Å². The Kier molecular flexibility index (Phi) is 4.08. The molecule has 7 heteroatoms. The second-order valence-electron chi connectivity index (χ2n) is 5.78. The van der Waals surface area contributed by atoms with Gasteiger partial charge in [-0.2, -0.15) is 0 Å². The van der Waals surface area contributed by atoms with Crippen LogP contribution in [0.25, 0.3) is 0 Å². The van der Waals surface area contributed by atoms with Gasteiger partial charge in [-0.05, 0) is 34.6 Å². The van der Waals surface area contributed by atoms with E-state index in [0.29, 0.717) is 24.3 Å². The molecule has 2 aromatic heterocycles. The number of aryl methyl sites for hydroxylation is 1. The van der Waals surface area contributed by atoms with Crippen molar-refractivity contribution in [3.05, 3.63) is 23.7 Å². The molecule has 7 nitrogen and oxygen atoms in total. The van der Waals surface area contributed by atoms with Crippen LogP contribution in [0.5, 0.6) is 0 Å². The maximum Gasteiger partial charge on any atom is 0.316 e. The summed E-state index contributed by atoms with van der Waals surface area (Å²) in [6, 6.07) is 0.228. The van der Waals surface area contributed by atoms with Crippen LogP contribution in [0.2, 0.25) is 0 Å². The standard InChI is InChI=1S/C13H21N5O2/c1-8-6-14-11(19-8)9(2)16-12-18-17-10(20-12)7-15-13(3,4)5/h6,9,15H,7H2,1-5H3,(H,16,18). The van der Waals surface area contributed by atoms with E-state index in [0.717, 1.165) is 5.76 Å². The van der Waals surface area contributed by atoms with Crippen molar-refractivity contribution in [3.8, 4) is 0 Å². The Balaban J connectivity index is 1.92. The van der Waals surface area contributed by atoms with Gasteiger partial charge in [-0.15, -0.1) is 5.10 Å². The van der Waals surface area contributed by atoms with Gasteiger partial charge in [0, 0.05) is 5.54 Å². The molecule has 0 saturated heterocycles. The summed E-state index contributed by atoms with van der Waals surface area (Å²) >= 11 is 0. The van der Waals surface area contributed by atoms with Gasteiger partial charge < -0.3 is 19.5 Å². The summed E-state index contributed by atoms with van der Waals surface area (Å²) in [5.74, 6) is 1.91. The molecule has 2 N–H and O–H groups in total. The number of rotatable bonds is 5. The monoisotopic (exact) mass is 279 g/mol. The van der Waals surface area contributed by atoms with Gasteiger partial charge in [0.25, 0.3) is 0 Å². The number of nitrogens with zero attached hydrogens (tertiary/aromatic N) is 3. The molecular formula is C13H21N5O2. The maximum absolute atomic E-state index is 5.51. The smallest absolute Gasteiger partial charge is 0.316 e. The molecule has 0 aliphatic heterocycles. The molecule has 0 amide bonds. The summed E-state index contributed by atoms with van der Waals surface area (Å²) in [5, 5.41) is 14.3. The van der Waals surface area contributed by atoms with E-state index in [1.807, 2.05) is 13.8 Å². The zero-order chi connectivity index (χ0) is 14.8. The fourth-order valence-corrected chi connectivity index (χ4v) is 1.54. The van der Waals surface area contributed by atoms with Crippen molar-refractivity contribution in [2.24, 2.45) is 0 Å². The van der Waals surface area contributed by atoms with Gasteiger partial charge in [-0.3, -0.25) is 0 Å². The zero-order valence-electron chi connectivity index (χ0n) is 12.5. The van der Waals surface area contributed by atoms with E-state index in [9.17, 15) is 0 Å². The lowest BCUT2D eigenvalue weighted by molar-refractivity contribution is 0.382. The number of aromatic nitrogens is 3. The molecule has 0 spiro atoms. The lowest BCUT2D eigenvalue weighted by Gasteiger charge is -2.18. The van der Waals surface area contributed by atoms with Crippen LogP contribution < -0.4 is 10.6 Å². The van der Waals surface area contributed by atoms with E-state index in [2.05, 4.69) is 46.6 Å². The second kappa shape index (κ2) is 5.62. The number of nitrogens with one attached hydrogen (secondary N) is 2. The van der Waals surface area contributed by atoms with Gasteiger partial charge in [-0.25, -0.2) is 4.98 Å². The number of hydrogen-bond acceptors (Lipinski definition) is 7. The maximum atomic E-state index is 5.51. The number of oxazole rings is 1. The minimum Gasteiger partial charge on any atom is -0.444 e. The quantitative estimate of drug-likeness (QED) is 0.868. The highest BCUT2D eigenvalue weighted by Crippen LogP contribution is 2.18. The molecule has 1 atom stereocenters. The van der Waals surface area contributed by atoms with Crippen LogP contribution in [-0.4, -0.2) is 20.7 Å². The third kappa shape index (κ3) is 4.06. The SMILES string of the molecule is Cc1cnc(C(C)Nc2nnc(CNC(C)(C)C)o2)o1. The van der Waals surface area contributed by atoms with Gasteiger partial charge >= 0.3 is 6.01 Å². The largest absolute Gasteiger partial charge is 0.444 e. The van der Waals surface area contributed by atoms with Gasteiger partial charge in [0.2, 0.25) is 11.8 Å². The molecule has 0 saturated carbocycles. The van der Waals surface area contributed by atoms with Crippen LogP contribution in [0.15, 0.2) is 15.0 Å². The molecule has 2 heterocycles. The normalized spacial score (nSPS) is 13.4. The molecule has 0 bridgehead atoms. The Morgan fingerprint density at radius 1 is 1.25 bits per heavy atom. The Bertz CT molecular complexity index is 555. The molecule has 0 aromatic carbocycles. The molecule has 2 aromatic rings. The number of anilines is 1. The molecule has 0 radical (unpaired) electrons. The van der Waals surface area contributed by atoms with E-state index in [4.69, 9.17) is 8.83 Å². The predicted molar refractivity (Wildman–Crippen MR) is 74.2 cm³/mol. The molecular weight excluding hydrogens is 258 g/mol. The van der Waals surface area contributed by atoms with Gasteiger partial charge in [0.15, 0.2) is 0 Å². The third-order valence-electron chi connectivity index (χ3n) is 2.59. The van der Waals surface area contributed by atoms with Crippen molar-refractivity contribution < 1.29 is 8.83 Å². The summed E-state index contributed by atoms with van der Waals surface area (Å²) < 4.78 is 11.0. The van der Waals surface area contributed by atoms with Crippen molar-refractivity contribution in [2.75, 3.05) is 5.32 Å². The van der Waals surface area contributed by atoms with Gasteiger partial charge in [0.05, 0.1) is 12.7 Å². The minimum atomic E-state index is -0.132. The topological polar surface area (TPSA) is 89.0 Å². The highest BCUT2D eigenvalue weighted by molar-refractivity contribution is 5.21. The van der Waals surface area contributed by atoms with Crippen LogP contribution >= 0.6 is 0 Å². The summed E-state index contributed by atoms with van der Waals surface area (Å²) in [4.78, 5) is 4.16. The Morgan fingerprint density at radius 3 is 2.60 bits per heavy atom. The van der Waals surface area contributed by atoms with E-state index >= 15 is 0 Å². The zero-order valence-corrected chi connectivity index (χ0v) is 12.5.